The lowest BCUT2D eigenvalue weighted by atomic mass is 10.1. The van der Waals surface area contributed by atoms with Gasteiger partial charge in [0.05, 0.1) is 19.4 Å². The van der Waals surface area contributed by atoms with E-state index in [1.54, 1.807) is 6.92 Å². The topological polar surface area (TPSA) is 67.8 Å². The molecule has 1 unspecified atom stereocenters. The number of nitrogens with one attached hydrogen (secondary N) is 1. The SMILES string of the molecule is CCOC(=O)C1CNN=CC1=O. The predicted octanol–water partition coefficient (Wildman–Crippen LogP) is -0.676. The Morgan fingerprint density at radius 1 is 1.92 bits per heavy atom. The van der Waals surface area contributed by atoms with Gasteiger partial charge in [-0.15, -0.1) is 0 Å². The molecule has 0 aliphatic carbocycles. The van der Waals surface area contributed by atoms with Crippen LogP contribution in [0.3, 0.4) is 0 Å². The van der Waals surface area contributed by atoms with Crippen LogP contribution in [0.4, 0.5) is 0 Å². The molecule has 0 bridgehead atoms. The monoisotopic (exact) mass is 170 g/mol. The molecule has 1 rings (SSSR count). The summed E-state index contributed by atoms with van der Waals surface area (Å²) < 4.78 is 4.69. The average Bonchev–Trinajstić information content (AvgIpc) is 2.05. The zero-order chi connectivity index (χ0) is 8.97. The summed E-state index contributed by atoms with van der Waals surface area (Å²) in [5.74, 6) is -1.50. The molecule has 0 amide bonds. The second-order valence-corrected chi connectivity index (χ2v) is 2.33. The molecule has 0 radical (unpaired) electrons. The number of nitrogens with zero attached hydrogens (tertiary/aromatic N) is 1. The van der Waals surface area contributed by atoms with Gasteiger partial charge in [0, 0.05) is 0 Å². The van der Waals surface area contributed by atoms with Crippen molar-refractivity contribution in [3.63, 3.8) is 0 Å². The van der Waals surface area contributed by atoms with Crippen LogP contribution in [-0.4, -0.2) is 31.1 Å². The van der Waals surface area contributed by atoms with Gasteiger partial charge in [-0.25, -0.2) is 0 Å². The molecule has 66 valence electrons. The molecule has 5 heteroatoms. The summed E-state index contributed by atoms with van der Waals surface area (Å²) in [6.45, 7) is 2.22. The Morgan fingerprint density at radius 2 is 2.67 bits per heavy atom. The van der Waals surface area contributed by atoms with Gasteiger partial charge >= 0.3 is 5.97 Å². The molecule has 0 saturated carbocycles. The van der Waals surface area contributed by atoms with E-state index in [1.807, 2.05) is 0 Å². The van der Waals surface area contributed by atoms with Gasteiger partial charge < -0.3 is 10.2 Å². The molecule has 1 aliphatic rings. The van der Waals surface area contributed by atoms with Crippen molar-refractivity contribution in [1.29, 1.82) is 0 Å². The van der Waals surface area contributed by atoms with E-state index in [9.17, 15) is 9.59 Å². The fraction of sp³-hybridized carbons (Fsp3) is 0.571. The Kier molecular flexibility index (Phi) is 2.79. The van der Waals surface area contributed by atoms with Gasteiger partial charge in [0.15, 0.2) is 5.78 Å². The summed E-state index contributed by atoms with van der Waals surface area (Å²) in [6, 6.07) is 0. The van der Waals surface area contributed by atoms with Crippen LogP contribution in [-0.2, 0) is 14.3 Å². The molecule has 0 saturated heterocycles. The first-order valence-electron chi connectivity index (χ1n) is 3.72. The quantitative estimate of drug-likeness (QED) is 0.440. The number of ketones is 1. The van der Waals surface area contributed by atoms with Gasteiger partial charge in [0.1, 0.15) is 5.92 Å². The number of Topliss-reactive ketones (excluding diaryl/α,β-unsaturated/α-hetero) is 1. The predicted molar refractivity (Wildman–Crippen MR) is 41.6 cm³/mol. The molecule has 1 heterocycles. The molecule has 1 atom stereocenters. The highest BCUT2D eigenvalue weighted by molar-refractivity contribution is 6.33. The lowest BCUT2D eigenvalue weighted by molar-refractivity contribution is -0.150. The van der Waals surface area contributed by atoms with Gasteiger partial charge in [-0.1, -0.05) is 0 Å². The Labute approximate surface area is 69.8 Å². The average molecular weight is 170 g/mol. The Bertz CT molecular complexity index is 225. The second kappa shape index (κ2) is 3.85. The molecule has 1 aliphatic heterocycles. The van der Waals surface area contributed by atoms with Gasteiger partial charge in [0.25, 0.3) is 0 Å². The summed E-state index contributed by atoms with van der Waals surface area (Å²) in [6.07, 6.45) is 1.10. The van der Waals surface area contributed by atoms with Crippen LogP contribution in [0.5, 0.6) is 0 Å². The molecular formula is C7H10N2O3. The molecule has 5 nitrogen and oxygen atoms in total. The standard InChI is InChI=1S/C7H10N2O3/c1-2-12-7(11)5-3-8-9-4-6(5)10/h4-5,8H,2-3H2,1H3. The third kappa shape index (κ3) is 1.81. The van der Waals surface area contributed by atoms with Crippen LogP contribution in [0, 0.1) is 5.92 Å². The second-order valence-electron chi connectivity index (χ2n) is 2.33. The van der Waals surface area contributed by atoms with Crippen LogP contribution < -0.4 is 5.43 Å². The maximum Gasteiger partial charge on any atom is 0.318 e. The number of hydrogen-bond acceptors (Lipinski definition) is 5. The van der Waals surface area contributed by atoms with Crippen molar-refractivity contribution in [3.05, 3.63) is 0 Å². The van der Waals surface area contributed by atoms with Crippen LogP contribution in [0.15, 0.2) is 5.10 Å². The fourth-order valence-electron chi connectivity index (χ4n) is 0.886. The van der Waals surface area contributed by atoms with Crippen LogP contribution in [0.25, 0.3) is 0 Å². The molecule has 0 aromatic rings. The summed E-state index contributed by atoms with van der Waals surface area (Å²) >= 11 is 0. The largest absolute Gasteiger partial charge is 0.465 e. The molecule has 0 fully saturated rings. The zero-order valence-corrected chi connectivity index (χ0v) is 6.74. The smallest absolute Gasteiger partial charge is 0.318 e. The van der Waals surface area contributed by atoms with Crippen molar-refractivity contribution in [1.82, 2.24) is 5.43 Å². The van der Waals surface area contributed by atoms with Crippen molar-refractivity contribution >= 4 is 18.0 Å². The minimum absolute atomic E-state index is 0.230. The van der Waals surface area contributed by atoms with E-state index in [0.29, 0.717) is 6.61 Å². The summed E-state index contributed by atoms with van der Waals surface area (Å²) in [4.78, 5) is 22.1. The van der Waals surface area contributed by atoms with Gasteiger partial charge in [-0.3, -0.25) is 9.59 Å². The highest BCUT2D eigenvalue weighted by Crippen LogP contribution is 2.02. The van der Waals surface area contributed by atoms with Gasteiger partial charge in [-0.05, 0) is 6.92 Å². The Balaban J connectivity index is 2.56. The third-order valence-corrected chi connectivity index (χ3v) is 1.49. The molecule has 12 heavy (non-hydrogen) atoms. The number of hydrogen-bond donors (Lipinski definition) is 1. The number of carbonyl (C=O) groups excluding carboxylic acids is 2. The molecule has 0 aromatic carbocycles. The van der Waals surface area contributed by atoms with E-state index in [1.165, 1.54) is 0 Å². The van der Waals surface area contributed by atoms with E-state index < -0.39 is 11.9 Å². The van der Waals surface area contributed by atoms with Gasteiger partial charge in [-0.2, -0.15) is 5.10 Å². The first-order chi connectivity index (χ1) is 5.75. The molecule has 0 aromatic heterocycles. The molecular weight excluding hydrogens is 160 g/mol. The van der Waals surface area contributed by atoms with E-state index in [-0.39, 0.29) is 12.3 Å². The number of rotatable bonds is 2. The number of esters is 1. The maximum atomic E-state index is 11.1. The number of hydrazone groups is 1. The van der Waals surface area contributed by atoms with E-state index >= 15 is 0 Å². The maximum absolute atomic E-state index is 11.1. The summed E-state index contributed by atoms with van der Waals surface area (Å²) in [5, 5.41) is 3.52. The normalized spacial score (nSPS) is 21.8. The zero-order valence-electron chi connectivity index (χ0n) is 6.74. The minimum atomic E-state index is -0.720. The fourth-order valence-corrected chi connectivity index (χ4v) is 0.886. The molecule has 1 N–H and O–H groups in total. The highest BCUT2D eigenvalue weighted by Gasteiger charge is 2.28. The Morgan fingerprint density at radius 3 is 3.25 bits per heavy atom. The van der Waals surface area contributed by atoms with E-state index in [4.69, 9.17) is 4.74 Å². The Hall–Kier alpha value is -1.39. The first kappa shape index (κ1) is 8.70. The number of ether oxygens (including phenoxy) is 1. The first-order valence-corrected chi connectivity index (χ1v) is 3.72. The van der Waals surface area contributed by atoms with Gasteiger partial charge in [0.2, 0.25) is 0 Å². The van der Waals surface area contributed by atoms with Crippen molar-refractivity contribution < 1.29 is 14.3 Å². The summed E-state index contributed by atoms with van der Waals surface area (Å²) in [5.41, 5.74) is 2.55. The third-order valence-electron chi connectivity index (χ3n) is 1.49. The van der Waals surface area contributed by atoms with Crippen LogP contribution in [0.2, 0.25) is 0 Å². The lowest BCUT2D eigenvalue weighted by Gasteiger charge is -2.14. The molecule has 0 spiro atoms. The minimum Gasteiger partial charge on any atom is -0.465 e. The lowest BCUT2D eigenvalue weighted by Crippen LogP contribution is -2.38. The van der Waals surface area contributed by atoms with Crippen LogP contribution in [0.1, 0.15) is 6.92 Å². The highest BCUT2D eigenvalue weighted by atomic mass is 16.5. The number of carbonyl (C=O) groups is 2. The van der Waals surface area contributed by atoms with E-state index in [2.05, 4.69) is 10.5 Å². The summed E-state index contributed by atoms with van der Waals surface area (Å²) in [7, 11) is 0. The van der Waals surface area contributed by atoms with Crippen molar-refractivity contribution in [2.75, 3.05) is 13.2 Å². The van der Waals surface area contributed by atoms with Crippen LogP contribution >= 0.6 is 0 Å². The van der Waals surface area contributed by atoms with E-state index in [0.717, 1.165) is 6.21 Å². The van der Waals surface area contributed by atoms with Crippen molar-refractivity contribution in [2.45, 2.75) is 6.92 Å². The van der Waals surface area contributed by atoms with Crippen molar-refractivity contribution in [2.24, 2.45) is 11.0 Å². The van der Waals surface area contributed by atoms with Crippen molar-refractivity contribution in [3.8, 4) is 0 Å².